The van der Waals surface area contributed by atoms with E-state index in [0.717, 1.165) is 13.1 Å². The van der Waals surface area contributed by atoms with E-state index >= 15 is 0 Å². The highest BCUT2D eigenvalue weighted by Crippen LogP contribution is 2.31. The van der Waals surface area contributed by atoms with Crippen molar-refractivity contribution >= 4 is 22.3 Å². The highest BCUT2D eigenvalue weighted by atomic mass is 15.2. The zero-order valence-corrected chi connectivity index (χ0v) is 11.8. The molecule has 4 rings (SSSR count). The summed E-state index contributed by atoms with van der Waals surface area (Å²) in [5.74, 6) is 1.17. The Morgan fingerprint density at radius 3 is 2.70 bits per heavy atom. The molecule has 1 aliphatic carbocycles. The summed E-state index contributed by atoms with van der Waals surface area (Å²) >= 11 is 0. The monoisotopic (exact) mass is 267 g/mol. The molecule has 0 unspecified atom stereocenters. The molecule has 1 aromatic heterocycles. The number of anilines is 2. The second kappa shape index (κ2) is 4.97. The Labute approximate surface area is 120 Å². The molecule has 0 spiro atoms. The molecule has 0 bridgehead atoms. The smallest absolute Gasteiger partial charge is 0.136 e. The summed E-state index contributed by atoms with van der Waals surface area (Å²) in [6, 6.07) is 9.51. The van der Waals surface area contributed by atoms with Gasteiger partial charge < -0.3 is 10.2 Å². The highest BCUT2D eigenvalue weighted by Gasteiger charge is 2.21. The number of hydrogen-bond acceptors (Lipinski definition) is 3. The van der Waals surface area contributed by atoms with Crippen LogP contribution in [0.15, 0.2) is 30.5 Å². The van der Waals surface area contributed by atoms with E-state index in [2.05, 4.69) is 39.5 Å². The third-order valence-corrected chi connectivity index (χ3v) is 4.35. The van der Waals surface area contributed by atoms with Crippen molar-refractivity contribution in [1.82, 2.24) is 4.98 Å². The van der Waals surface area contributed by atoms with Crippen LogP contribution in [-0.2, 0) is 0 Å². The van der Waals surface area contributed by atoms with Crippen LogP contribution >= 0.6 is 0 Å². The number of nitrogens with one attached hydrogen (secondary N) is 1. The summed E-state index contributed by atoms with van der Waals surface area (Å²) in [5.41, 5.74) is 1.24. The second-order valence-electron chi connectivity index (χ2n) is 6.04. The van der Waals surface area contributed by atoms with Crippen LogP contribution in [0.4, 0.5) is 11.5 Å². The molecule has 1 saturated heterocycles. The number of hydrogen-bond donors (Lipinski definition) is 1. The van der Waals surface area contributed by atoms with Gasteiger partial charge in [-0.05, 0) is 55.7 Å². The quantitative estimate of drug-likeness (QED) is 0.916. The predicted molar refractivity (Wildman–Crippen MR) is 84.5 cm³/mol. The lowest BCUT2D eigenvalue weighted by Crippen LogP contribution is -2.30. The highest BCUT2D eigenvalue weighted by molar-refractivity contribution is 5.94. The van der Waals surface area contributed by atoms with Crippen LogP contribution in [0.1, 0.15) is 32.1 Å². The van der Waals surface area contributed by atoms with E-state index in [1.807, 2.05) is 6.20 Å². The standard InChI is InChI=1S/C17H21N3/c1-2-10-20(11-3-1)17-16-12-15(19-14-6-7-14)5-4-13(16)8-9-18-17/h4-5,8-9,12,14,19H,1-3,6-7,10-11H2. The molecule has 0 atom stereocenters. The van der Waals surface area contributed by atoms with Crippen molar-refractivity contribution < 1.29 is 0 Å². The average Bonchev–Trinajstić information content (AvgIpc) is 3.31. The molecule has 1 aliphatic heterocycles. The molecular weight excluding hydrogens is 246 g/mol. The zero-order valence-electron chi connectivity index (χ0n) is 11.8. The maximum absolute atomic E-state index is 4.66. The normalized spacial score (nSPS) is 19.3. The van der Waals surface area contributed by atoms with E-state index < -0.39 is 0 Å². The number of pyridine rings is 1. The van der Waals surface area contributed by atoms with Gasteiger partial charge in [0.1, 0.15) is 5.82 Å². The summed E-state index contributed by atoms with van der Waals surface area (Å²) in [6.07, 6.45) is 8.50. The van der Waals surface area contributed by atoms with Crippen molar-refractivity contribution in [2.75, 3.05) is 23.3 Å². The van der Waals surface area contributed by atoms with Gasteiger partial charge in [-0.25, -0.2) is 4.98 Å². The third-order valence-electron chi connectivity index (χ3n) is 4.35. The number of benzene rings is 1. The molecule has 1 saturated carbocycles. The summed E-state index contributed by atoms with van der Waals surface area (Å²) in [7, 11) is 0. The summed E-state index contributed by atoms with van der Waals surface area (Å²) in [5, 5.41) is 6.18. The van der Waals surface area contributed by atoms with E-state index in [1.165, 1.54) is 54.4 Å². The second-order valence-corrected chi connectivity index (χ2v) is 6.04. The Bertz CT molecular complexity index is 613. The zero-order chi connectivity index (χ0) is 13.4. The number of rotatable bonds is 3. The lowest BCUT2D eigenvalue weighted by Gasteiger charge is -2.28. The van der Waals surface area contributed by atoms with Crippen LogP contribution in [-0.4, -0.2) is 24.1 Å². The Hall–Kier alpha value is -1.77. The van der Waals surface area contributed by atoms with E-state index in [1.54, 1.807) is 0 Å². The fourth-order valence-corrected chi connectivity index (χ4v) is 3.06. The molecule has 20 heavy (non-hydrogen) atoms. The van der Waals surface area contributed by atoms with Gasteiger partial charge in [0.15, 0.2) is 0 Å². The van der Waals surface area contributed by atoms with Gasteiger partial charge in [0, 0.05) is 36.4 Å². The van der Waals surface area contributed by atoms with Gasteiger partial charge in [0.2, 0.25) is 0 Å². The Morgan fingerprint density at radius 1 is 1.05 bits per heavy atom. The van der Waals surface area contributed by atoms with Crippen molar-refractivity contribution in [3.05, 3.63) is 30.5 Å². The lowest BCUT2D eigenvalue weighted by atomic mass is 10.1. The fraction of sp³-hybridized carbons (Fsp3) is 0.471. The van der Waals surface area contributed by atoms with Crippen LogP contribution in [0.2, 0.25) is 0 Å². The van der Waals surface area contributed by atoms with Crippen molar-refractivity contribution in [3.8, 4) is 0 Å². The Morgan fingerprint density at radius 2 is 1.90 bits per heavy atom. The van der Waals surface area contributed by atoms with Gasteiger partial charge >= 0.3 is 0 Å². The van der Waals surface area contributed by atoms with Crippen LogP contribution in [0.25, 0.3) is 10.8 Å². The lowest BCUT2D eigenvalue weighted by molar-refractivity contribution is 0.575. The molecule has 0 amide bonds. The van der Waals surface area contributed by atoms with Crippen molar-refractivity contribution in [2.45, 2.75) is 38.1 Å². The van der Waals surface area contributed by atoms with Gasteiger partial charge in [-0.3, -0.25) is 0 Å². The minimum absolute atomic E-state index is 0.697. The van der Waals surface area contributed by atoms with Crippen molar-refractivity contribution in [3.63, 3.8) is 0 Å². The van der Waals surface area contributed by atoms with Crippen LogP contribution in [0, 0.1) is 0 Å². The van der Waals surface area contributed by atoms with Crippen molar-refractivity contribution in [2.24, 2.45) is 0 Å². The Balaban J connectivity index is 1.73. The molecule has 2 aliphatic rings. The largest absolute Gasteiger partial charge is 0.382 e. The minimum atomic E-state index is 0.697. The predicted octanol–water partition coefficient (Wildman–Crippen LogP) is 3.80. The topological polar surface area (TPSA) is 28.2 Å². The molecule has 1 N–H and O–H groups in total. The molecule has 2 fully saturated rings. The number of nitrogens with zero attached hydrogens (tertiary/aromatic N) is 2. The summed E-state index contributed by atoms with van der Waals surface area (Å²) in [4.78, 5) is 7.12. The van der Waals surface area contributed by atoms with Gasteiger partial charge in [-0.15, -0.1) is 0 Å². The first-order chi connectivity index (χ1) is 9.90. The maximum Gasteiger partial charge on any atom is 0.136 e. The minimum Gasteiger partial charge on any atom is -0.382 e. The van der Waals surface area contributed by atoms with Crippen LogP contribution in [0.5, 0.6) is 0 Å². The van der Waals surface area contributed by atoms with Crippen LogP contribution < -0.4 is 10.2 Å². The average molecular weight is 267 g/mol. The third kappa shape index (κ3) is 2.33. The van der Waals surface area contributed by atoms with Gasteiger partial charge in [0.05, 0.1) is 0 Å². The molecule has 0 radical (unpaired) electrons. The Kier molecular flexibility index (Phi) is 2.98. The maximum atomic E-state index is 4.66. The molecular formula is C17H21N3. The first-order valence-electron chi connectivity index (χ1n) is 7.80. The fourth-order valence-electron chi connectivity index (χ4n) is 3.06. The van der Waals surface area contributed by atoms with Crippen molar-refractivity contribution in [1.29, 1.82) is 0 Å². The number of piperidine rings is 1. The van der Waals surface area contributed by atoms with E-state index in [4.69, 9.17) is 0 Å². The molecule has 3 heteroatoms. The number of fused-ring (bicyclic) bond motifs is 1. The van der Waals surface area contributed by atoms with E-state index in [-0.39, 0.29) is 0 Å². The van der Waals surface area contributed by atoms with E-state index in [0.29, 0.717) is 6.04 Å². The molecule has 2 heterocycles. The van der Waals surface area contributed by atoms with Gasteiger partial charge in [0.25, 0.3) is 0 Å². The molecule has 3 nitrogen and oxygen atoms in total. The van der Waals surface area contributed by atoms with E-state index in [9.17, 15) is 0 Å². The first-order valence-corrected chi connectivity index (χ1v) is 7.80. The molecule has 2 aromatic rings. The first kappa shape index (κ1) is 12.0. The van der Waals surface area contributed by atoms with Gasteiger partial charge in [-0.1, -0.05) is 6.07 Å². The SMILES string of the molecule is c1cc2ccc(NC3CC3)cc2c(N2CCCCC2)n1. The number of aromatic nitrogens is 1. The van der Waals surface area contributed by atoms with Gasteiger partial charge in [-0.2, -0.15) is 0 Å². The molecule has 104 valence electrons. The molecule has 1 aromatic carbocycles. The van der Waals surface area contributed by atoms with Crippen LogP contribution in [0.3, 0.4) is 0 Å². The summed E-state index contributed by atoms with van der Waals surface area (Å²) in [6.45, 7) is 2.29. The summed E-state index contributed by atoms with van der Waals surface area (Å²) < 4.78 is 0.